The van der Waals surface area contributed by atoms with Crippen LogP contribution in [0.1, 0.15) is 64.9 Å². The second-order valence-electron chi connectivity index (χ2n) is 12.2. The molecule has 0 aromatic heterocycles. The molecule has 1 spiro atoms. The van der Waals surface area contributed by atoms with Crippen LogP contribution in [0.2, 0.25) is 0 Å². The molecular weight excluding hydrogens is 494 g/mol. The van der Waals surface area contributed by atoms with Crippen molar-refractivity contribution in [2.24, 2.45) is 23.7 Å². The van der Waals surface area contributed by atoms with Crippen LogP contribution in [0.5, 0.6) is 0 Å². The van der Waals surface area contributed by atoms with Crippen molar-refractivity contribution in [3.05, 3.63) is 42.0 Å². The quantitative estimate of drug-likeness (QED) is 0.368. The number of likely N-dealkylation sites (tertiary alicyclic amines) is 1. The summed E-state index contributed by atoms with van der Waals surface area (Å²) in [5, 5.41) is 6.30. The summed E-state index contributed by atoms with van der Waals surface area (Å²) in [7, 11) is 1.62. The van der Waals surface area contributed by atoms with Crippen molar-refractivity contribution >= 4 is 23.4 Å². The highest BCUT2D eigenvalue weighted by Gasteiger charge is 2.72. The number of nitrogens with zero attached hydrogens (tertiary/aromatic N) is 1. The minimum Gasteiger partial charge on any atom is -0.385 e. The van der Waals surface area contributed by atoms with Crippen LogP contribution in [0.3, 0.4) is 0 Å². The van der Waals surface area contributed by atoms with E-state index in [-0.39, 0.29) is 23.8 Å². The molecule has 4 aliphatic rings. The minimum atomic E-state index is -1.15. The third-order valence-electron chi connectivity index (χ3n) is 9.55. The molecule has 8 nitrogen and oxygen atoms in total. The molecule has 39 heavy (non-hydrogen) atoms. The molecule has 8 atom stereocenters. The third-order valence-corrected chi connectivity index (χ3v) is 9.55. The van der Waals surface area contributed by atoms with Crippen molar-refractivity contribution in [3.63, 3.8) is 0 Å². The molecule has 3 fully saturated rings. The van der Waals surface area contributed by atoms with E-state index in [1.807, 2.05) is 36.4 Å². The van der Waals surface area contributed by atoms with Crippen molar-refractivity contribution < 1.29 is 23.9 Å². The molecule has 2 bridgehead atoms. The standard InChI is InChI=1S/C31H43N3O5/c1-18(2)21-10-12-22(13-11-21)32-28(35)25-24-14-15-31(39-24)26(25)30(37)34(16-7-17-38-5)27(31)29(36)33-23-9-6-8-19(3)20(23)4/h10-15,18-20,23-27H,6-9,16-17H2,1-5H3,(H,32,35)(H,33,36)/t19-,20-,23+,24+,25+,26+,27-,31-/m0/s1. The number of ether oxygens (including phenoxy) is 2. The van der Waals surface area contributed by atoms with Crippen LogP contribution < -0.4 is 10.6 Å². The van der Waals surface area contributed by atoms with Gasteiger partial charge >= 0.3 is 0 Å². The Morgan fingerprint density at radius 3 is 2.59 bits per heavy atom. The molecule has 3 heterocycles. The number of benzene rings is 1. The SMILES string of the molecule is COCCCN1C(=O)[C@H]2[C@H](C(=O)Nc3ccc(C(C)C)cc3)[C@H]3C=C[C@@]2(O3)[C@@H]1C(=O)N[C@@H]1CCC[C@H](C)[C@@H]1C. The molecule has 212 valence electrons. The van der Waals surface area contributed by atoms with Gasteiger partial charge < -0.3 is 25.0 Å². The molecule has 3 amide bonds. The number of amides is 3. The zero-order valence-electron chi connectivity index (χ0n) is 23.8. The Bertz CT molecular complexity index is 1120. The summed E-state index contributed by atoms with van der Waals surface area (Å²) in [4.78, 5) is 43.2. The van der Waals surface area contributed by atoms with E-state index in [2.05, 4.69) is 38.3 Å². The molecule has 3 aliphatic heterocycles. The molecule has 2 saturated heterocycles. The van der Waals surface area contributed by atoms with Crippen LogP contribution in [0, 0.1) is 23.7 Å². The van der Waals surface area contributed by atoms with Gasteiger partial charge in [-0.05, 0) is 48.3 Å². The molecule has 1 aromatic carbocycles. The highest BCUT2D eigenvalue weighted by Crippen LogP contribution is 2.55. The van der Waals surface area contributed by atoms with Gasteiger partial charge in [0.15, 0.2) is 0 Å². The number of carbonyl (C=O) groups is 3. The maximum atomic E-state index is 14.0. The van der Waals surface area contributed by atoms with E-state index in [0.29, 0.717) is 43.0 Å². The van der Waals surface area contributed by atoms with Gasteiger partial charge in [-0.2, -0.15) is 0 Å². The highest BCUT2D eigenvalue weighted by atomic mass is 16.5. The van der Waals surface area contributed by atoms with Crippen LogP contribution in [0.4, 0.5) is 5.69 Å². The minimum absolute atomic E-state index is 0.0584. The Labute approximate surface area is 231 Å². The van der Waals surface area contributed by atoms with Gasteiger partial charge in [0, 0.05) is 32.0 Å². The second kappa shape index (κ2) is 11.0. The molecule has 1 saturated carbocycles. The largest absolute Gasteiger partial charge is 0.385 e. The van der Waals surface area contributed by atoms with Crippen molar-refractivity contribution in [2.45, 2.75) is 83.1 Å². The fourth-order valence-corrected chi connectivity index (χ4v) is 7.11. The normalized spacial score (nSPS) is 35.0. The Kier molecular flexibility index (Phi) is 7.89. The van der Waals surface area contributed by atoms with Crippen molar-refractivity contribution in [1.29, 1.82) is 0 Å². The lowest BCUT2D eigenvalue weighted by Crippen LogP contribution is -2.58. The topological polar surface area (TPSA) is 97.0 Å². The Balaban J connectivity index is 1.40. The van der Waals surface area contributed by atoms with Gasteiger partial charge in [0.2, 0.25) is 17.7 Å². The Hall–Kier alpha value is -2.71. The first-order valence-electron chi connectivity index (χ1n) is 14.6. The number of nitrogens with one attached hydrogen (secondary N) is 2. The van der Waals surface area contributed by atoms with Gasteiger partial charge in [-0.3, -0.25) is 14.4 Å². The number of anilines is 1. The van der Waals surface area contributed by atoms with E-state index in [1.54, 1.807) is 12.0 Å². The summed E-state index contributed by atoms with van der Waals surface area (Å²) in [6.45, 7) is 9.51. The summed E-state index contributed by atoms with van der Waals surface area (Å²) < 4.78 is 11.7. The van der Waals surface area contributed by atoms with E-state index in [1.165, 1.54) is 5.56 Å². The zero-order valence-corrected chi connectivity index (χ0v) is 23.8. The van der Waals surface area contributed by atoms with Gasteiger partial charge in [0.1, 0.15) is 11.6 Å². The first kappa shape index (κ1) is 27.8. The maximum absolute atomic E-state index is 14.0. The Morgan fingerprint density at radius 2 is 1.90 bits per heavy atom. The van der Waals surface area contributed by atoms with Gasteiger partial charge in [0.25, 0.3) is 0 Å². The summed E-state index contributed by atoms with van der Waals surface area (Å²) in [5.74, 6) is -0.821. The predicted octanol–water partition coefficient (Wildman–Crippen LogP) is 3.88. The fourth-order valence-electron chi connectivity index (χ4n) is 7.11. The first-order valence-corrected chi connectivity index (χ1v) is 14.6. The predicted molar refractivity (Wildman–Crippen MR) is 149 cm³/mol. The number of rotatable bonds is 9. The van der Waals surface area contributed by atoms with E-state index < -0.39 is 29.6 Å². The van der Waals surface area contributed by atoms with E-state index in [9.17, 15) is 14.4 Å². The summed E-state index contributed by atoms with van der Waals surface area (Å²) in [5.41, 5.74) is 0.722. The summed E-state index contributed by atoms with van der Waals surface area (Å²) in [6.07, 6.45) is 6.95. The number of hydrogen-bond acceptors (Lipinski definition) is 5. The third kappa shape index (κ3) is 4.91. The number of carbonyl (C=O) groups excluding carboxylic acids is 3. The lowest BCUT2D eigenvalue weighted by atomic mass is 9.73. The number of hydrogen-bond donors (Lipinski definition) is 2. The van der Waals surface area contributed by atoms with E-state index in [0.717, 1.165) is 19.3 Å². The van der Waals surface area contributed by atoms with Gasteiger partial charge in [-0.25, -0.2) is 0 Å². The molecule has 1 aliphatic carbocycles. The molecule has 5 rings (SSSR count). The van der Waals surface area contributed by atoms with Crippen LogP contribution in [-0.4, -0.2) is 66.7 Å². The number of methoxy groups -OCH3 is 1. The Morgan fingerprint density at radius 1 is 1.15 bits per heavy atom. The average molecular weight is 538 g/mol. The summed E-state index contributed by atoms with van der Waals surface area (Å²) >= 11 is 0. The molecular formula is C31H43N3O5. The smallest absolute Gasteiger partial charge is 0.246 e. The maximum Gasteiger partial charge on any atom is 0.246 e. The van der Waals surface area contributed by atoms with Crippen LogP contribution >= 0.6 is 0 Å². The average Bonchev–Trinajstić information content (AvgIpc) is 3.55. The monoisotopic (exact) mass is 537 g/mol. The zero-order chi connectivity index (χ0) is 27.9. The second-order valence-corrected chi connectivity index (χ2v) is 12.2. The van der Waals surface area contributed by atoms with Gasteiger partial charge in [0.05, 0.1) is 17.9 Å². The lowest BCUT2D eigenvalue weighted by molar-refractivity contribution is -0.141. The van der Waals surface area contributed by atoms with Crippen molar-refractivity contribution in [2.75, 3.05) is 25.6 Å². The van der Waals surface area contributed by atoms with Gasteiger partial charge in [-0.1, -0.05) is 64.8 Å². The molecule has 2 N–H and O–H groups in total. The molecule has 0 radical (unpaired) electrons. The van der Waals surface area contributed by atoms with Crippen LogP contribution in [-0.2, 0) is 23.9 Å². The van der Waals surface area contributed by atoms with E-state index >= 15 is 0 Å². The van der Waals surface area contributed by atoms with E-state index in [4.69, 9.17) is 9.47 Å². The first-order chi connectivity index (χ1) is 18.7. The highest BCUT2D eigenvalue weighted by molar-refractivity contribution is 6.02. The van der Waals surface area contributed by atoms with Crippen molar-refractivity contribution in [1.82, 2.24) is 10.2 Å². The summed E-state index contributed by atoms with van der Waals surface area (Å²) in [6, 6.07) is 7.03. The molecule has 8 heteroatoms. The van der Waals surface area contributed by atoms with Gasteiger partial charge in [-0.15, -0.1) is 0 Å². The van der Waals surface area contributed by atoms with Crippen molar-refractivity contribution in [3.8, 4) is 0 Å². The lowest BCUT2D eigenvalue weighted by Gasteiger charge is -2.38. The fraction of sp³-hybridized carbons (Fsp3) is 0.645. The van der Waals surface area contributed by atoms with Crippen LogP contribution in [0.15, 0.2) is 36.4 Å². The van der Waals surface area contributed by atoms with Crippen LogP contribution in [0.25, 0.3) is 0 Å². The molecule has 1 aromatic rings. The molecule has 0 unspecified atom stereocenters. The number of fused-ring (bicyclic) bond motifs is 1.